The standard InChI is InChI=1S/C16H23N3/c1-3-12-8-4-5-10-14(12)19-15-11(2)7-6-9-13(15)18-16(19)17/h6-7,9,12,14H,3-5,8,10H2,1-2H3,(H2,17,18). The van der Waals surface area contributed by atoms with E-state index in [9.17, 15) is 0 Å². The second-order valence-electron chi connectivity index (χ2n) is 5.80. The number of nitrogen functional groups attached to an aromatic ring is 1. The van der Waals surface area contributed by atoms with Crippen LogP contribution in [-0.2, 0) is 0 Å². The van der Waals surface area contributed by atoms with Gasteiger partial charge in [-0.2, -0.15) is 0 Å². The highest BCUT2D eigenvalue weighted by atomic mass is 15.2. The highest BCUT2D eigenvalue weighted by molar-refractivity contribution is 5.81. The van der Waals surface area contributed by atoms with Crippen LogP contribution in [0.2, 0.25) is 0 Å². The van der Waals surface area contributed by atoms with Gasteiger partial charge in [-0.3, -0.25) is 0 Å². The Morgan fingerprint density at radius 1 is 1.32 bits per heavy atom. The van der Waals surface area contributed by atoms with E-state index in [4.69, 9.17) is 5.73 Å². The van der Waals surface area contributed by atoms with Crippen LogP contribution in [0.1, 0.15) is 50.6 Å². The average Bonchev–Trinajstić information content (AvgIpc) is 2.76. The number of anilines is 1. The molecule has 19 heavy (non-hydrogen) atoms. The first-order chi connectivity index (χ1) is 9.22. The first-order valence-corrected chi connectivity index (χ1v) is 7.45. The number of hydrogen-bond acceptors (Lipinski definition) is 2. The number of hydrogen-bond donors (Lipinski definition) is 1. The maximum absolute atomic E-state index is 6.22. The Hall–Kier alpha value is -1.51. The third kappa shape index (κ3) is 2.01. The normalized spacial score (nSPS) is 23.9. The molecule has 0 saturated heterocycles. The molecule has 3 rings (SSSR count). The Labute approximate surface area is 114 Å². The highest BCUT2D eigenvalue weighted by Crippen LogP contribution is 2.39. The molecule has 0 aliphatic heterocycles. The lowest BCUT2D eigenvalue weighted by Gasteiger charge is -2.33. The molecule has 0 radical (unpaired) electrons. The molecule has 2 atom stereocenters. The van der Waals surface area contributed by atoms with Crippen LogP contribution in [0.15, 0.2) is 18.2 Å². The maximum atomic E-state index is 6.22. The van der Waals surface area contributed by atoms with E-state index < -0.39 is 0 Å². The largest absolute Gasteiger partial charge is 0.369 e. The SMILES string of the molecule is CCC1CCCCC1n1c(N)nc2cccc(C)c21. The molecule has 1 aromatic carbocycles. The van der Waals surface area contributed by atoms with Crippen molar-refractivity contribution >= 4 is 17.0 Å². The molecule has 0 spiro atoms. The minimum atomic E-state index is 0.532. The lowest BCUT2D eigenvalue weighted by Crippen LogP contribution is -2.24. The van der Waals surface area contributed by atoms with E-state index in [1.54, 1.807) is 0 Å². The molecule has 1 aliphatic carbocycles. The van der Waals surface area contributed by atoms with Crippen molar-refractivity contribution in [2.75, 3.05) is 5.73 Å². The summed E-state index contributed by atoms with van der Waals surface area (Å²) in [6.07, 6.45) is 6.47. The molecule has 2 unspecified atom stereocenters. The minimum Gasteiger partial charge on any atom is -0.369 e. The molecule has 102 valence electrons. The molecular weight excluding hydrogens is 234 g/mol. The smallest absolute Gasteiger partial charge is 0.201 e. The molecule has 0 bridgehead atoms. The maximum Gasteiger partial charge on any atom is 0.201 e. The molecule has 0 amide bonds. The van der Waals surface area contributed by atoms with E-state index in [0.717, 1.165) is 11.4 Å². The number of fused-ring (bicyclic) bond motifs is 1. The number of benzene rings is 1. The fourth-order valence-corrected chi connectivity index (χ4v) is 3.68. The summed E-state index contributed by atoms with van der Waals surface area (Å²) in [6.45, 7) is 4.45. The second kappa shape index (κ2) is 4.87. The Bertz CT molecular complexity index is 585. The fourth-order valence-electron chi connectivity index (χ4n) is 3.68. The van der Waals surface area contributed by atoms with Gasteiger partial charge in [0, 0.05) is 6.04 Å². The molecule has 2 N–H and O–H groups in total. The summed E-state index contributed by atoms with van der Waals surface area (Å²) in [4.78, 5) is 4.56. The van der Waals surface area contributed by atoms with Gasteiger partial charge in [0.05, 0.1) is 11.0 Å². The van der Waals surface area contributed by atoms with Crippen molar-refractivity contribution in [2.24, 2.45) is 5.92 Å². The summed E-state index contributed by atoms with van der Waals surface area (Å²) in [5.41, 5.74) is 9.78. The van der Waals surface area contributed by atoms with E-state index in [0.29, 0.717) is 12.0 Å². The van der Waals surface area contributed by atoms with Gasteiger partial charge < -0.3 is 10.3 Å². The molecule has 3 nitrogen and oxygen atoms in total. The van der Waals surface area contributed by atoms with E-state index in [1.807, 2.05) is 0 Å². The van der Waals surface area contributed by atoms with Gasteiger partial charge in [0.2, 0.25) is 5.95 Å². The quantitative estimate of drug-likeness (QED) is 0.881. The van der Waals surface area contributed by atoms with Crippen LogP contribution in [-0.4, -0.2) is 9.55 Å². The van der Waals surface area contributed by atoms with Crippen LogP contribution < -0.4 is 5.73 Å². The Morgan fingerprint density at radius 3 is 2.89 bits per heavy atom. The monoisotopic (exact) mass is 257 g/mol. The van der Waals surface area contributed by atoms with E-state index in [-0.39, 0.29) is 0 Å². The van der Waals surface area contributed by atoms with Gasteiger partial charge in [-0.25, -0.2) is 4.98 Å². The molecule has 2 aromatic rings. The van der Waals surface area contributed by atoms with Crippen LogP contribution in [0, 0.1) is 12.8 Å². The van der Waals surface area contributed by atoms with Crippen molar-refractivity contribution in [1.82, 2.24) is 9.55 Å². The summed E-state index contributed by atoms with van der Waals surface area (Å²) in [5, 5.41) is 0. The highest BCUT2D eigenvalue weighted by Gasteiger charge is 2.28. The predicted molar refractivity (Wildman–Crippen MR) is 80.2 cm³/mol. The lowest BCUT2D eigenvalue weighted by molar-refractivity contribution is 0.239. The third-order valence-corrected chi connectivity index (χ3v) is 4.66. The summed E-state index contributed by atoms with van der Waals surface area (Å²) in [7, 11) is 0. The number of nitrogens with two attached hydrogens (primary N) is 1. The van der Waals surface area contributed by atoms with Crippen LogP contribution in [0.3, 0.4) is 0 Å². The van der Waals surface area contributed by atoms with Crippen molar-refractivity contribution in [2.45, 2.75) is 52.0 Å². The molecule has 1 aromatic heterocycles. The molecule has 3 heteroatoms. The fraction of sp³-hybridized carbons (Fsp3) is 0.562. The number of para-hydroxylation sites is 1. The lowest BCUT2D eigenvalue weighted by atomic mass is 9.82. The van der Waals surface area contributed by atoms with Crippen molar-refractivity contribution in [1.29, 1.82) is 0 Å². The number of imidazole rings is 1. The van der Waals surface area contributed by atoms with Crippen LogP contribution in [0.25, 0.3) is 11.0 Å². The zero-order chi connectivity index (χ0) is 13.4. The summed E-state index contributed by atoms with van der Waals surface area (Å²) < 4.78 is 2.32. The van der Waals surface area contributed by atoms with E-state index in [2.05, 4.69) is 41.6 Å². The van der Waals surface area contributed by atoms with Gasteiger partial charge in [-0.1, -0.05) is 38.3 Å². The van der Waals surface area contributed by atoms with E-state index in [1.165, 1.54) is 43.2 Å². The van der Waals surface area contributed by atoms with Gasteiger partial charge in [-0.15, -0.1) is 0 Å². The van der Waals surface area contributed by atoms with Crippen LogP contribution in [0.5, 0.6) is 0 Å². The molecule has 1 heterocycles. The van der Waals surface area contributed by atoms with E-state index >= 15 is 0 Å². The second-order valence-corrected chi connectivity index (χ2v) is 5.80. The van der Waals surface area contributed by atoms with Crippen LogP contribution >= 0.6 is 0 Å². The van der Waals surface area contributed by atoms with Crippen molar-refractivity contribution in [3.63, 3.8) is 0 Å². The van der Waals surface area contributed by atoms with Crippen molar-refractivity contribution < 1.29 is 0 Å². The number of nitrogens with zero attached hydrogens (tertiary/aromatic N) is 2. The first kappa shape index (κ1) is 12.5. The topological polar surface area (TPSA) is 43.8 Å². The van der Waals surface area contributed by atoms with Gasteiger partial charge in [0.15, 0.2) is 0 Å². The predicted octanol–water partition coefficient (Wildman–Crippen LogP) is 4.07. The average molecular weight is 257 g/mol. The zero-order valence-corrected chi connectivity index (χ0v) is 11.9. The molecule has 1 fully saturated rings. The summed E-state index contributed by atoms with van der Waals surface area (Å²) >= 11 is 0. The van der Waals surface area contributed by atoms with Gasteiger partial charge in [0.1, 0.15) is 0 Å². The molecule has 1 saturated carbocycles. The van der Waals surface area contributed by atoms with Crippen molar-refractivity contribution in [3.05, 3.63) is 23.8 Å². The number of aryl methyl sites for hydroxylation is 1. The Kier molecular flexibility index (Phi) is 3.21. The zero-order valence-electron chi connectivity index (χ0n) is 11.9. The Balaban J connectivity index is 2.15. The minimum absolute atomic E-state index is 0.532. The molecule has 1 aliphatic rings. The van der Waals surface area contributed by atoms with Crippen molar-refractivity contribution in [3.8, 4) is 0 Å². The van der Waals surface area contributed by atoms with Gasteiger partial charge in [0.25, 0.3) is 0 Å². The summed E-state index contributed by atoms with van der Waals surface area (Å²) in [6, 6.07) is 6.82. The summed E-state index contributed by atoms with van der Waals surface area (Å²) in [5.74, 6) is 1.43. The number of aromatic nitrogens is 2. The van der Waals surface area contributed by atoms with Crippen LogP contribution in [0.4, 0.5) is 5.95 Å². The van der Waals surface area contributed by atoms with Gasteiger partial charge >= 0.3 is 0 Å². The Morgan fingerprint density at radius 2 is 2.11 bits per heavy atom. The third-order valence-electron chi connectivity index (χ3n) is 4.66. The van der Waals surface area contributed by atoms with Gasteiger partial charge in [-0.05, 0) is 37.3 Å². The first-order valence-electron chi connectivity index (χ1n) is 7.45. The molecular formula is C16H23N3. The number of rotatable bonds is 2.